The summed E-state index contributed by atoms with van der Waals surface area (Å²) in [6.07, 6.45) is 0.204. The van der Waals surface area contributed by atoms with Crippen molar-refractivity contribution in [2.75, 3.05) is 13.7 Å². The summed E-state index contributed by atoms with van der Waals surface area (Å²) >= 11 is 0.762. The first-order chi connectivity index (χ1) is 13.2. The number of nitrogens with one attached hydrogen (secondary N) is 1. The van der Waals surface area contributed by atoms with Gasteiger partial charge in [0, 0.05) is 11.8 Å². The molecule has 0 aliphatic rings. The zero-order valence-corrected chi connectivity index (χ0v) is 16.4. The van der Waals surface area contributed by atoms with Gasteiger partial charge >= 0.3 is 11.9 Å². The van der Waals surface area contributed by atoms with E-state index in [9.17, 15) is 22.8 Å². The molecule has 0 spiro atoms. The number of sulfonamides is 1. The number of primary sulfonamides is 1. The van der Waals surface area contributed by atoms with E-state index in [1.54, 1.807) is 24.3 Å². The topological polar surface area (TPSA) is 142 Å². The number of hydrogen-bond donors (Lipinski definition) is 2. The van der Waals surface area contributed by atoms with E-state index in [0.29, 0.717) is 0 Å². The first kappa shape index (κ1) is 21.5. The zero-order valence-electron chi connectivity index (χ0n) is 14.8. The van der Waals surface area contributed by atoms with E-state index in [0.717, 1.165) is 23.0 Å². The summed E-state index contributed by atoms with van der Waals surface area (Å²) in [6, 6.07) is 9.11. The number of rotatable bonds is 8. The van der Waals surface area contributed by atoms with Gasteiger partial charge in [0.05, 0.1) is 12.7 Å². The minimum atomic E-state index is -3.92. The highest BCUT2D eigenvalue weighted by Gasteiger charge is 2.23. The number of thiophene rings is 1. The molecular weight excluding hydrogens is 408 g/mol. The number of esters is 2. The van der Waals surface area contributed by atoms with Crippen molar-refractivity contribution in [2.45, 2.75) is 16.7 Å². The van der Waals surface area contributed by atoms with Gasteiger partial charge in [-0.25, -0.2) is 23.1 Å². The van der Waals surface area contributed by atoms with Crippen LogP contribution in [0.1, 0.15) is 15.9 Å². The van der Waals surface area contributed by atoms with Gasteiger partial charge in [0.2, 0.25) is 10.0 Å². The van der Waals surface area contributed by atoms with Gasteiger partial charge in [-0.2, -0.15) is 0 Å². The second kappa shape index (κ2) is 9.44. The maximum Gasteiger partial charge on any atom is 0.339 e. The second-order valence-electron chi connectivity index (χ2n) is 5.61. The number of methoxy groups -OCH3 is 1. The Balaban J connectivity index is 1.94. The lowest BCUT2D eigenvalue weighted by Crippen LogP contribution is -2.44. The lowest BCUT2D eigenvalue weighted by atomic mass is 10.1. The largest absolute Gasteiger partial charge is 0.467 e. The van der Waals surface area contributed by atoms with Gasteiger partial charge < -0.3 is 14.8 Å². The van der Waals surface area contributed by atoms with E-state index < -0.39 is 40.5 Å². The smallest absolute Gasteiger partial charge is 0.339 e. The molecule has 1 atom stereocenters. The average molecular weight is 426 g/mol. The molecule has 0 saturated heterocycles. The molecule has 28 heavy (non-hydrogen) atoms. The van der Waals surface area contributed by atoms with Crippen molar-refractivity contribution in [1.82, 2.24) is 5.32 Å². The van der Waals surface area contributed by atoms with E-state index in [1.807, 2.05) is 6.07 Å². The highest BCUT2D eigenvalue weighted by Crippen LogP contribution is 2.19. The van der Waals surface area contributed by atoms with Crippen LogP contribution in [0.2, 0.25) is 0 Å². The Morgan fingerprint density at radius 2 is 1.89 bits per heavy atom. The summed E-state index contributed by atoms with van der Waals surface area (Å²) in [5.74, 6) is -2.24. The van der Waals surface area contributed by atoms with Crippen molar-refractivity contribution in [3.8, 4) is 0 Å². The average Bonchev–Trinajstić information content (AvgIpc) is 3.16. The van der Waals surface area contributed by atoms with E-state index in [4.69, 9.17) is 9.88 Å². The Morgan fingerprint density at radius 3 is 2.46 bits per heavy atom. The van der Waals surface area contributed by atoms with Gasteiger partial charge in [-0.05, 0) is 11.6 Å². The van der Waals surface area contributed by atoms with Crippen LogP contribution < -0.4 is 10.5 Å². The predicted molar refractivity (Wildman–Crippen MR) is 100 cm³/mol. The fraction of sp³-hybridized carbons (Fsp3) is 0.235. The molecule has 0 bridgehead atoms. The summed E-state index contributed by atoms with van der Waals surface area (Å²) in [5.41, 5.74) is 0.764. The van der Waals surface area contributed by atoms with Crippen LogP contribution in [0.4, 0.5) is 0 Å². The standard InChI is InChI=1S/C17H18N2O7S2/c1-25-17(22)13(7-11-5-3-2-4-6-11)19-14(20)9-26-16(21)12-8-15(27-10-12)28(18,23)24/h2-6,8,10,13H,7,9H2,1H3,(H,19,20)(H2,18,23,24)/t13-/m1/s1. The van der Waals surface area contributed by atoms with Crippen LogP contribution in [-0.4, -0.2) is 46.0 Å². The normalized spacial score (nSPS) is 12.1. The molecular formula is C17H18N2O7S2. The highest BCUT2D eigenvalue weighted by atomic mass is 32.2. The fourth-order valence-corrected chi connectivity index (χ4v) is 3.78. The van der Waals surface area contributed by atoms with Crippen molar-refractivity contribution >= 4 is 39.2 Å². The van der Waals surface area contributed by atoms with Gasteiger partial charge in [0.25, 0.3) is 5.91 Å². The summed E-state index contributed by atoms with van der Waals surface area (Å²) in [5, 5.41) is 8.68. The molecule has 0 fully saturated rings. The SMILES string of the molecule is COC(=O)[C@@H](Cc1ccccc1)NC(=O)COC(=O)c1csc(S(N)(=O)=O)c1. The van der Waals surface area contributed by atoms with Crippen LogP contribution in [0.15, 0.2) is 46.0 Å². The Kier molecular flexibility index (Phi) is 7.26. The number of amides is 1. The molecule has 0 aliphatic carbocycles. The molecule has 1 heterocycles. The minimum absolute atomic E-state index is 0.0457. The Bertz CT molecular complexity index is 955. The molecule has 11 heteroatoms. The van der Waals surface area contributed by atoms with Crippen LogP contribution in [0.25, 0.3) is 0 Å². The summed E-state index contributed by atoms with van der Waals surface area (Å²) in [6.45, 7) is -0.651. The van der Waals surface area contributed by atoms with Crippen LogP contribution in [0, 0.1) is 0 Å². The zero-order chi connectivity index (χ0) is 20.7. The third kappa shape index (κ3) is 6.15. The molecule has 2 rings (SSSR count). The van der Waals surface area contributed by atoms with Gasteiger partial charge in [0.15, 0.2) is 6.61 Å². The van der Waals surface area contributed by atoms with Gasteiger partial charge in [-0.3, -0.25) is 4.79 Å². The summed E-state index contributed by atoms with van der Waals surface area (Å²) < 4.78 is 31.8. The Hall–Kier alpha value is -2.76. The summed E-state index contributed by atoms with van der Waals surface area (Å²) in [7, 11) is -2.72. The van der Waals surface area contributed by atoms with Crippen molar-refractivity contribution in [3.63, 3.8) is 0 Å². The first-order valence-electron chi connectivity index (χ1n) is 7.90. The number of carbonyl (C=O) groups is 3. The molecule has 9 nitrogen and oxygen atoms in total. The molecule has 2 aromatic rings. The molecule has 1 aromatic heterocycles. The Labute approximate surface area is 165 Å². The van der Waals surface area contributed by atoms with E-state index in [2.05, 4.69) is 10.1 Å². The highest BCUT2D eigenvalue weighted by molar-refractivity contribution is 7.91. The lowest BCUT2D eigenvalue weighted by molar-refractivity contribution is -0.145. The maximum absolute atomic E-state index is 12.1. The number of hydrogen-bond acceptors (Lipinski definition) is 8. The van der Waals surface area contributed by atoms with Gasteiger partial charge in [-0.15, -0.1) is 11.3 Å². The molecule has 1 aromatic carbocycles. The molecule has 0 aliphatic heterocycles. The van der Waals surface area contributed by atoms with E-state index in [1.165, 1.54) is 12.5 Å². The van der Waals surface area contributed by atoms with Crippen LogP contribution in [0.5, 0.6) is 0 Å². The van der Waals surface area contributed by atoms with Crippen LogP contribution >= 0.6 is 11.3 Å². The molecule has 0 saturated carbocycles. The molecule has 0 unspecified atom stereocenters. The van der Waals surface area contributed by atoms with Crippen molar-refractivity contribution < 1.29 is 32.3 Å². The number of ether oxygens (including phenoxy) is 2. The number of benzene rings is 1. The molecule has 3 N–H and O–H groups in total. The maximum atomic E-state index is 12.1. The lowest BCUT2D eigenvalue weighted by Gasteiger charge is -2.16. The molecule has 150 valence electrons. The summed E-state index contributed by atoms with van der Waals surface area (Å²) in [4.78, 5) is 35.9. The third-order valence-corrected chi connectivity index (χ3v) is 5.92. The van der Waals surface area contributed by atoms with Crippen LogP contribution in [0.3, 0.4) is 0 Å². The third-order valence-electron chi connectivity index (χ3n) is 3.53. The quantitative estimate of drug-likeness (QED) is 0.584. The van der Waals surface area contributed by atoms with Crippen molar-refractivity contribution in [1.29, 1.82) is 0 Å². The van der Waals surface area contributed by atoms with Gasteiger partial charge in [0.1, 0.15) is 10.3 Å². The predicted octanol–water partition coefficient (Wildman–Crippen LogP) is 0.453. The number of nitrogens with two attached hydrogens (primary N) is 1. The molecule has 0 radical (unpaired) electrons. The van der Waals surface area contributed by atoms with Gasteiger partial charge in [-0.1, -0.05) is 30.3 Å². The first-order valence-corrected chi connectivity index (χ1v) is 10.3. The molecule has 1 amide bonds. The minimum Gasteiger partial charge on any atom is -0.467 e. The van der Waals surface area contributed by atoms with Crippen LogP contribution in [-0.2, 0) is 35.5 Å². The number of carbonyl (C=O) groups excluding carboxylic acids is 3. The fourth-order valence-electron chi connectivity index (χ4n) is 2.21. The second-order valence-corrected chi connectivity index (χ2v) is 8.31. The van der Waals surface area contributed by atoms with E-state index in [-0.39, 0.29) is 16.2 Å². The van der Waals surface area contributed by atoms with E-state index >= 15 is 0 Å². The monoisotopic (exact) mass is 426 g/mol. The Morgan fingerprint density at radius 1 is 1.21 bits per heavy atom. The van der Waals surface area contributed by atoms with Crippen molar-refractivity contribution in [2.24, 2.45) is 5.14 Å². The van der Waals surface area contributed by atoms with Crippen molar-refractivity contribution in [3.05, 3.63) is 52.9 Å².